The third-order valence-electron chi connectivity index (χ3n) is 3.54. The lowest BCUT2D eigenvalue weighted by Crippen LogP contribution is -2.37. The summed E-state index contributed by atoms with van der Waals surface area (Å²) >= 11 is 0. The summed E-state index contributed by atoms with van der Waals surface area (Å²) in [6.45, 7) is 4.95. The van der Waals surface area contributed by atoms with Gasteiger partial charge in [0.15, 0.2) is 0 Å². The van der Waals surface area contributed by atoms with Crippen LogP contribution < -0.4 is 5.32 Å². The van der Waals surface area contributed by atoms with Crippen LogP contribution in [0.1, 0.15) is 45.4 Å². The lowest BCUT2D eigenvalue weighted by atomic mass is 9.70. The molecule has 70 valence electrons. The van der Waals surface area contributed by atoms with E-state index in [0.717, 1.165) is 5.92 Å². The second kappa shape index (κ2) is 3.37. The quantitative estimate of drug-likeness (QED) is 0.621. The summed E-state index contributed by atoms with van der Waals surface area (Å²) < 4.78 is 0. The molecule has 2 fully saturated rings. The van der Waals surface area contributed by atoms with Gasteiger partial charge in [-0.3, -0.25) is 0 Å². The van der Waals surface area contributed by atoms with Crippen molar-refractivity contribution in [3.8, 4) is 0 Å². The summed E-state index contributed by atoms with van der Waals surface area (Å²) in [4.78, 5) is 0. The monoisotopic (exact) mass is 167 g/mol. The first kappa shape index (κ1) is 8.55. The number of rotatable bonds is 5. The van der Waals surface area contributed by atoms with E-state index in [9.17, 15) is 0 Å². The van der Waals surface area contributed by atoms with Gasteiger partial charge in [0.2, 0.25) is 0 Å². The Hall–Kier alpha value is -0.0400. The minimum absolute atomic E-state index is 0.670. The molecule has 0 aromatic rings. The molecule has 0 radical (unpaired) electrons. The average Bonchev–Trinajstić information content (AvgIpc) is 2.78. The van der Waals surface area contributed by atoms with E-state index < -0.39 is 0 Å². The van der Waals surface area contributed by atoms with Crippen LogP contribution in [0.3, 0.4) is 0 Å². The smallest absolute Gasteiger partial charge is 0.000516 e. The molecule has 0 bridgehead atoms. The van der Waals surface area contributed by atoms with Gasteiger partial charge in [-0.1, -0.05) is 26.2 Å². The van der Waals surface area contributed by atoms with Crippen molar-refractivity contribution in [3.63, 3.8) is 0 Å². The van der Waals surface area contributed by atoms with Crippen molar-refractivity contribution in [2.24, 2.45) is 11.3 Å². The maximum Gasteiger partial charge on any atom is 0.000516 e. The third-order valence-corrected chi connectivity index (χ3v) is 3.54. The second-order valence-electron chi connectivity index (χ2n) is 5.07. The Kier molecular flexibility index (Phi) is 2.40. The van der Waals surface area contributed by atoms with Crippen LogP contribution in [-0.4, -0.2) is 13.1 Å². The van der Waals surface area contributed by atoms with Crippen LogP contribution in [0.2, 0.25) is 0 Å². The summed E-state index contributed by atoms with van der Waals surface area (Å²) in [5.41, 5.74) is 0.670. The maximum atomic E-state index is 3.60. The first-order chi connectivity index (χ1) is 5.79. The van der Waals surface area contributed by atoms with Crippen LogP contribution in [0, 0.1) is 11.3 Å². The molecule has 12 heavy (non-hydrogen) atoms. The first-order valence-electron chi connectivity index (χ1n) is 5.49. The molecule has 0 aromatic carbocycles. The largest absolute Gasteiger partial charge is 0.316 e. The van der Waals surface area contributed by atoms with Gasteiger partial charge in [-0.05, 0) is 37.1 Å². The van der Waals surface area contributed by atoms with Crippen molar-refractivity contribution in [2.75, 3.05) is 13.1 Å². The number of hydrogen-bond donors (Lipinski definition) is 1. The highest BCUT2D eigenvalue weighted by atomic mass is 14.9. The van der Waals surface area contributed by atoms with Gasteiger partial charge in [-0.15, -0.1) is 0 Å². The van der Waals surface area contributed by atoms with E-state index in [-0.39, 0.29) is 0 Å². The summed E-state index contributed by atoms with van der Waals surface area (Å²) in [6.07, 6.45) is 8.78. The van der Waals surface area contributed by atoms with Crippen molar-refractivity contribution in [1.82, 2.24) is 5.32 Å². The van der Waals surface area contributed by atoms with Gasteiger partial charge in [0.25, 0.3) is 0 Å². The molecule has 0 aliphatic heterocycles. The van der Waals surface area contributed by atoms with Crippen LogP contribution in [0.5, 0.6) is 0 Å². The fraction of sp³-hybridized carbons (Fsp3) is 1.00. The lowest BCUT2D eigenvalue weighted by molar-refractivity contribution is 0.157. The fourth-order valence-corrected chi connectivity index (χ4v) is 2.06. The molecular formula is C11H21N. The summed E-state index contributed by atoms with van der Waals surface area (Å²) in [5.74, 6) is 1.09. The predicted molar refractivity (Wildman–Crippen MR) is 52.2 cm³/mol. The molecule has 0 amide bonds. The zero-order valence-corrected chi connectivity index (χ0v) is 8.23. The molecule has 1 N–H and O–H groups in total. The van der Waals surface area contributed by atoms with Crippen LogP contribution in [0.15, 0.2) is 0 Å². The molecule has 1 nitrogen and oxygen atoms in total. The van der Waals surface area contributed by atoms with Crippen LogP contribution in [0.25, 0.3) is 0 Å². The van der Waals surface area contributed by atoms with Crippen molar-refractivity contribution in [2.45, 2.75) is 45.4 Å². The van der Waals surface area contributed by atoms with Gasteiger partial charge in [-0.25, -0.2) is 0 Å². The van der Waals surface area contributed by atoms with Gasteiger partial charge < -0.3 is 5.32 Å². The molecule has 0 unspecified atom stereocenters. The third kappa shape index (κ3) is 2.22. The summed E-state index contributed by atoms with van der Waals surface area (Å²) in [7, 11) is 0. The Morgan fingerprint density at radius 2 is 2.08 bits per heavy atom. The molecule has 1 heteroatoms. The maximum absolute atomic E-state index is 3.60. The molecule has 0 spiro atoms. The predicted octanol–water partition coefficient (Wildman–Crippen LogP) is 2.57. The lowest BCUT2D eigenvalue weighted by Gasteiger charge is -2.38. The van der Waals surface area contributed by atoms with Crippen molar-refractivity contribution in [3.05, 3.63) is 0 Å². The van der Waals surface area contributed by atoms with Crippen molar-refractivity contribution in [1.29, 1.82) is 0 Å². The van der Waals surface area contributed by atoms with Crippen LogP contribution in [-0.2, 0) is 0 Å². The molecule has 0 aromatic heterocycles. The van der Waals surface area contributed by atoms with Gasteiger partial charge in [0.1, 0.15) is 0 Å². The SMILES string of the molecule is CC1(CNCCC2CC2)CCC1. The van der Waals surface area contributed by atoms with E-state index >= 15 is 0 Å². The van der Waals surface area contributed by atoms with Crippen molar-refractivity contribution >= 4 is 0 Å². The Morgan fingerprint density at radius 3 is 2.58 bits per heavy atom. The first-order valence-corrected chi connectivity index (χ1v) is 5.49. The number of hydrogen-bond acceptors (Lipinski definition) is 1. The zero-order chi connectivity index (χ0) is 8.44. The zero-order valence-electron chi connectivity index (χ0n) is 8.23. The minimum Gasteiger partial charge on any atom is -0.316 e. The van der Waals surface area contributed by atoms with Gasteiger partial charge >= 0.3 is 0 Å². The topological polar surface area (TPSA) is 12.0 Å². The van der Waals surface area contributed by atoms with E-state index in [0.29, 0.717) is 5.41 Å². The highest BCUT2D eigenvalue weighted by molar-refractivity contribution is 4.85. The van der Waals surface area contributed by atoms with E-state index in [1.807, 2.05) is 0 Å². The summed E-state index contributed by atoms with van der Waals surface area (Å²) in [5, 5.41) is 3.60. The molecule has 0 saturated heterocycles. The molecule has 0 atom stereocenters. The highest BCUT2D eigenvalue weighted by Gasteiger charge is 2.31. The Morgan fingerprint density at radius 1 is 1.33 bits per heavy atom. The molecule has 0 heterocycles. The Labute approximate surface area is 75.9 Å². The van der Waals surface area contributed by atoms with Gasteiger partial charge in [-0.2, -0.15) is 0 Å². The average molecular weight is 167 g/mol. The molecular weight excluding hydrogens is 146 g/mol. The normalized spacial score (nSPS) is 26.8. The van der Waals surface area contributed by atoms with Crippen molar-refractivity contribution < 1.29 is 0 Å². The molecule has 2 rings (SSSR count). The minimum atomic E-state index is 0.670. The molecule has 2 aliphatic carbocycles. The van der Waals surface area contributed by atoms with E-state index in [4.69, 9.17) is 0 Å². The summed E-state index contributed by atoms with van der Waals surface area (Å²) in [6, 6.07) is 0. The van der Waals surface area contributed by atoms with Gasteiger partial charge in [0.05, 0.1) is 0 Å². The van der Waals surface area contributed by atoms with E-state index in [2.05, 4.69) is 12.2 Å². The second-order valence-corrected chi connectivity index (χ2v) is 5.07. The number of nitrogens with one attached hydrogen (secondary N) is 1. The molecule has 2 aliphatic rings. The van der Waals surface area contributed by atoms with Gasteiger partial charge in [0, 0.05) is 6.54 Å². The highest BCUT2D eigenvalue weighted by Crippen LogP contribution is 2.39. The van der Waals surface area contributed by atoms with Crippen LogP contribution in [0.4, 0.5) is 0 Å². The fourth-order valence-electron chi connectivity index (χ4n) is 2.06. The van der Waals surface area contributed by atoms with E-state index in [1.165, 1.54) is 51.6 Å². The Balaban J connectivity index is 1.49. The Bertz CT molecular complexity index is 145. The standard InChI is InChI=1S/C11H21N/c1-11(6-2-7-11)9-12-8-5-10-3-4-10/h10,12H,2-9H2,1H3. The molecule has 2 saturated carbocycles. The van der Waals surface area contributed by atoms with Crippen LogP contribution >= 0.6 is 0 Å². The van der Waals surface area contributed by atoms with E-state index in [1.54, 1.807) is 0 Å².